The fourth-order valence-electron chi connectivity index (χ4n) is 2.12. The number of ether oxygens (including phenoxy) is 1. The second-order valence-electron chi connectivity index (χ2n) is 4.81. The van der Waals surface area contributed by atoms with E-state index >= 15 is 0 Å². The number of carbonyl (C=O) groups is 2. The van der Waals surface area contributed by atoms with Crippen LogP contribution < -0.4 is 5.32 Å². The Labute approximate surface area is 139 Å². The lowest BCUT2D eigenvalue weighted by Crippen LogP contribution is -2.08. The van der Waals surface area contributed by atoms with Crippen molar-refractivity contribution >= 4 is 35.2 Å². The number of hydrogen-bond acceptors (Lipinski definition) is 3. The van der Waals surface area contributed by atoms with E-state index in [9.17, 15) is 9.59 Å². The molecule has 0 radical (unpaired) electrons. The second-order valence-corrected chi connectivity index (χ2v) is 5.25. The first-order valence-corrected chi connectivity index (χ1v) is 7.31. The molecule has 23 heavy (non-hydrogen) atoms. The van der Waals surface area contributed by atoms with E-state index in [1.807, 2.05) is 30.3 Å². The van der Waals surface area contributed by atoms with Crippen LogP contribution in [-0.4, -0.2) is 19.0 Å². The monoisotopic (exact) mass is 329 g/mol. The van der Waals surface area contributed by atoms with Crippen LogP contribution in [-0.2, 0) is 14.3 Å². The van der Waals surface area contributed by atoms with Gasteiger partial charge >= 0.3 is 5.97 Å². The molecule has 0 unspecified atom stereocenters. The Kier molecular flexibility index (Phi) is 5.55. The van der Waals surface area contributed by atoms with Crippen molar-refractivity contribution in [2.24, 2.45) is 0 Å². The van der Waals surface area contributed by atoms with Crippen LogP contribution in [0.1, 0.15) is 12.5 Å². The Morgan fingerprint density at radius 1 is 1.13 bits per heavy atom. The van der Waals surface area contributed by atoms with Gasteiger partial charge in [-0.05, 0) is 29.3 Å². The van der Waals surface area contributed by atoms with E-state index in [1.165, 1.54) is 20.1 Å². The third-order valence-corrected chi connectivity index (χ3v) is 3.41. The lowest BCUT2D eigenvalue weighted by atomic mass is 9.99. The molecule has 2 aromatic carbocycles. The van der Waals surface area contributed by atoms with Crippen molar-refractivity contribution in [1.82, 2.24) is 0 Å². The molecule has 2 aromatic rings. The molecule has 1 N–H and O–H groups in total. The normalized spacial score (nSPS) is 10.6. The zero-order valence-electron chi connectivity index (χ0n) is 12.8. The van der Waals surface area contributed by atoms with E-state index in [1.54, 1.807) is 18.2 Å². The quantitative estimate of drug-likeness (QED) is 0.677. The first-order valence-electron chi connectivity index (χ1n) is 6.94. The Morgan fingerprint density at radius 2 is 1.83 bits per heavy atom. The van der Waals surface area contributed by atoms with Crippen LogP contribution in [0.2, 0.25) is 5.02 Å². The largest absolute Gasteiger partial charge is 0.466 e. The summed E-state index contributed by atoms with van der Waals surface area (Å²) < 4.78 is 4.59. The van der Waals surface area contributed by atoms with Crippen molar-refractivity contribution in [2.75, 3.05) is 12.4 Å². The number of anilines is 1. The molecule has 118 valence electrons. The van der Waals surface area contributed by atoms with Gasteiger partial charge in [0.05, 0.1) is 12.8 Å². The number of benzene rings is 2. The Balaban J connectivity index is 2.53. The summed E-state index contributed by atoms with van der Waals surface area (Å²) in [7, 11) is 1.31. The second kappa shape index (κ2) is 7.61. The first-order chi connectivity index (χ1) is 11.0. The molecule has 1 amide bonds. The third-order valence-electron chi connectivity index (χ3n) is 3.15. The van der Waals surface area contributed by atoms with Crippen LogP contribution in [0, 0.1) is 0 Å². The lowest BCUT2D eigenvalue weighted by Gasteiger charge is -2.13. The number of esters is 1. The maximum absolute atomic E-state index is 11.5. The standard InChI is InChI=1S/C18H16ClNO3/c1-12(21)20-18-14(8-11-17(22)23-2)4-3-5-16(18)13-6-9-15(19)10-7-13/h3-11H,1-2H3,(H,20,21)/b11-8+. The minimum absolute atomic E-state index is 0.195. The van der Waals surface area contributed by atoms with Gasteiger partial charge in [0.1, 0.15) is 0 Å². The minimum atomic E-state index is -0.462. The minimum Gasteiger partial charge on any atom is -0.466 e. The van der Waals surface area contributed by atoms with Crippen LogP contribution >= 0.6 is 11.6 Å². The van der Waals surface area contributed by atoms with Crippen molar-refractivity contribution in [2.45, 2.75) is 6.92 Å². The molecule has 0 atom stereocenters. The number of amides is 1. The van der Waals surface area contributed by atoms with E-state index in [2.05, 4.69) is 10.1 Å². The molecule has 5 heteroatoms. The first kappa shape index (κ1) is 16.8. The maximum atomic E-state index is 11.5. The van der Waals surface area contributed by atoms with E-state index in [0.717, 1.165) is 11.1 Å². The predicted molar refractivity (Wildman–Crippen MR) is 92.2 cm³/mol. The molecule has 0 saturated carbocycles. The van der Waals surface area contributed by atoms with Gasteiger partial charge in [0.15, 0.2) is 0 Å². The number of rotatable bonds is 4. The summed E-state index contributed by atoms with van der Waals surface area (Å²) in [5.41, 5.74) is 3.08. The van der Waals surface area contributed by atoms with E-state index in [0.29, 0.717) is 16.3 Å². The lowest BCUT2D eigenvalue weighted by molar-refractivity contribution is -0.134. The molecule has 0 bridgehead atoms. The van der Waals surface area contributed by atoms with Crippen LogP contribution in [0.5, 0.6) is 0 Å². The molecule has 0 spiro atoms. The number of hydrogen-bond donors (Lipinski definition) is 1. The zero-order chi connectivity index (χ0) is 16.8. The van der Waals surface area contributed by atoms with Crippen molar-refractivity contribution in [1.29, 1.82) is 0 Å². The molecule has 0 aliphatic carbocycles. The summed E-state index contributed by atoms with van der Waals surface area (Å²) in [4.78, 5) is 22.8. The van der Waals surface area contributed by atoms with Gasteiger partial charge in [-0.25, -0.2) is 4.79 Å². The molecular weight excluding hydrogens is 314 g/mol. The van der Waals surface area contributed by atoms with Crippen LogP contribution in [0.25, 0.3) is 17.2 Å². The van der Waals surface area contributed by atoms with Crippen LogP contribution in [0.15, 0.2) is 48.5 Å². The average Bonchev–Trinajstić information content (AvgIpc) is 2.54. The Bertz CT molecular complexity index is 751. The maximum Gasteiger partial charge on any atom is 0.330 e. The van der Waals surface area contributed by atoms with Gasteiger partial charge in [-0.15, -0.1) is 0 Å². The zero-order valence-corrected chi connectivity index (χ0v) is 13.6. The molecule has 2 rings (SSSR count). The summed E-state index contributed by atoms with van der Waals surface area (Å²) in [5.74, 6) is -0.658. The summed E-state index contributed by atoms with van der Waals surface area (Å²) in [6, 6.07) is 12.9. The highest BCUT2D eigenvalue weighted by Crippen LogP contribution is 2.32. The number of nitrogens with one attached hydrogen (secondary N) is 1. The van der Waals surface area contributed by atoms with Gasteiger partial charge < -0.3 is 10.1 Å². The summed E-state index contributed by atoms with van der Waals surface area (Å²) in [6.45, 7) is 1.44. The van der Waals surface area contributed by atoms with Crippen molar-refractivity contribution in [3.63, 3.8) is 0 Å². The van der Waals surface area contributed by atoms with Crippen molar-refractivity contribution < 1.29 is 14.3 Å². The van der Waals surface area contributed by atoms with Crippen LogP contribution in [0.3, 0.4) is 0 Å². The SMILES string of the molecule is COC(=O)/C=C/c1cccc(-c2ccc(Cl)cc2)c1NC(C)=O. The van der Waals surface area contributed by atoms with Gasteiger partial charge in [0, 0.05) is 23.6 Å². The van der Waals surface area contributed by atoms with E-state index in [-0.39, 0.29) is 5.91 Å². The van der Waals surface area contributed by atoms with Crippen molar-refractivity contribution in [3.05, 3.63) is 59.1 Å². The topological polar surface area (TPSA) is 55.4 Å². The van der Waals surface area contributed by atoms with E-state index < -0.39 is 5.97 Å². The van der Waals surface area contributed by atoms with Crippen LogP contribution in [0.4, 0.5) is 5.69 Å². The fourth-order valence-corrected chi connectivity index (χ4v) is 2.25. The molecule has 4 nitrogen and oxygen atoms in total. The highest BCUT2D eigenvalue weighted by atomic mass is 35.5. The molecule has 0 aromatic heterocycles. The molecule has 0 aliphatic rings. The summed E-state index contributed by atoms with van der Waals surface area (Å²) >= 11 is 5.92. The highest BCUT2D eigenvalue weighted by molar-refractivity contribution is 6.30. The number of carbonyl (C=O) groups excluding carboxylic acids is 2. The van der Waals surface area contributed by atoms with Gasteiger partial charge in [0.25, 0.3) is 0 Å². The smallest absolute Gasteiger partial charge is 0.330 e. The highest BCUT2D eigenvalue weighted by Gasteiger charge is 2.10. The Morgan fingerprint density at radius 3 is 2.43 bits per heavy atom. The predicted octanol–water partition coefficient (Wildman–Crippen LogP) is 4.15. The summed E-state index contributed by atoms with van der Waals surface area (Å²) in [6.07, 6.45) is 2.92. The molecule has 0 saturated heterocycles. The molecule has 0 aliphatic heterocycles. The average molecular weight is 330 g/mol. The summed E-state index contributed by atoms with van der Waals surface area (Å²) in [5, 5.41) is 3.46. The fraction of sp³-hybridized carbons (Fsp3) is 0.111. The van der Waals surface area contributed by atoms with Gasteiger partial charge in [-0.1, -0.05) is 41.9 Å². The third kappa shape index (κ3) is 4.44. The van der Waals surface area contributed by atoms with Gasteiger partial charge in [-0.3, -0.25) is 4.79 Å². The number of para-hydroxylation sites is 1. The molecular formula is C18H16ClNO3. The van der Waals surface area contributed by atoms with Gasteiger partial charge in [-0.2, -0.15) is 0 Å². The Hall–Kier alpha value is -2.59. The van der Waals surface area contributed by atoms with Gasteiger partial charge in [0.2, 0.25) is 5.91 Å². The van der Waals surface area contributed by atoms with Crippen molar-refractivity contribution in [3.8, 4) is 11.1 Å². The molecule has 0 heterocycles. The molecule has 0 fully saturated rings. The number of methoxy groups -OCH3 is 1. The number of halogens is 1. The van der Waals surface area contributed by atoms with E-state index in [4.69, 9.17) is 11.6 Å².